The molecule has 21 heavy (non-hydrogen) atoms. The monoisotopic (exact) mass is 279 g/mol. The normalized spacial score (nSPS) is 11.8. The molecule has 0 radical (unpaired) electrons. The van der Waals surface area contributed by atoms with E-state index >= 15 is 0 Å². The average Bonchev–Trinajstić information content (AvgIpc) is 2.47. The number of aromatic nitrogens is 2. The summed E-state index contributed by atoms with van der Waals surface area (Å²) >= 11 is 0. The molecule has 4 nitrogen and oxygen atoms in total. The molecule has 0 saturated carbocycles. The predicted molar refractivity (Wildman–Crippen MR) is 91.0 cm³/mol. The van der Waals surface area contributed by atoms with E-state index in [0.717, 1.165) is 33.6 Å². The van der Waals surface area contributed by atoms with Crippen LogP contribution in [0.15, 0.2) is 55.0 Å². The number of rotatable bonds is 5. The van der Waals surface area contributed by atoms with E-state index in [4.69, 9.17) is 4.74 Å². The molecule has 1 aromatic carbocycles. The largest absolute Gasteiger partial charge is 0.497 e. The second-order valence-corrected chi connectivity index (χ2v) is 4.54. The second-order valence-electron chi connectivity index (χ2n) is 4.54. The van der Waals surface area contributed by atoms with Crippen LogP contribution in [0.2, 0.25) is 0 Å². The van der Waals surface area contributed by atoms with Crippen LogP contribution in [0.3, 0.4) is 0 Å². The minimum atomic E-state index is 0.740. The molecular formula is C16H18BN3O. The molecule has 0 aliphatic carbocycles. The highest BCUT2D eigenvalue weighted by molar-refractivity contribution is 6.35. The first kappa shape index (κ1) is 14.8. The first-order valence-corrected chi connectivity index (χ1v) is 6.71. The molecule has 1 aromatic heterocycles. The van der Waals surface area contributed by atoms with Crippen molar-refractivity contribution in [3.8, 4) is 5.75 Å². The Labute approximate surface area is 125 Å². The number of allylic oxidation sites excluding steroid dienone is 4. The molecule has 1 N–H and O–H groups in total. The highest BCUT2D eigenvalue weighted by atomic mass is 16.5. The van der Waals surface area contributed by atoms with Crippen LogP contribution >= 0.6 is 0 Å². The Morgan fingerprint density at radius 3 is 2.86 bits per heavy atom. The van der Waals surface area contributed by atoms with Crippen LogP contribution in [0, 0.1) is 0 Å². The van der Waals surface area contributed by atoms with Gasteiger partial charge in [-0.05, 0) is 36.7 Å². The summed E-state index contributed by atoms with van der Waals surface area (Å²) in [6, 6.07) is 3.95. The Hall–Kier alpha value is -2.56. The lowest BCUT2D eigenvalue weighted by Crippen LogP contribution is -2.08. The number of methoxy groups -OCH3 is 1. The molecule has 0 unspecified atom stereocenters. The standard InChI is InChI=1S/C16H18BN3O/c1-4-6-11(7-5-2)20-16-12-8-15(21-3)13(17)9-14(12)18-10-19-16/h4-10H,1,17H2,2-3H3,(H,18,19,20)/b7-5-,11-6+. The van der Waals surface area contributed by atoms with Crippen LogP contribution in [0.1, 0.15) is 6.92 Å². The van der Waals surface area contributed by atoms with E-state index in [9.17, 15) is 0 Å². The highest BCUT2D eigenvalue weighted by Gasteiger charge is 2.08. The zero-order valence-electron chi connectivity index (χ0n) is 12.6. The maximum absolute atomic E-state index is 5.38. The van der Waals surface area contributed by atoms with Crippen LogP contribution in [0.4, 0.5) is 5.82 Å². The SMILES string of the molecule is Bc1cc2ncnc(NC(/C=C\C)=C/C=C)c2cc1OC. The lowest BCUT2D eigenvalue weighted by molar-refractivity contribution is 0.419. The Bertz CT molecular complexity index is 723. The van der Waals surface area contributed by atoms with Crippen LogP contribution < -0.4 is 15.5 Å². The molecular weight excluding hydrogens is 261 g/mol. The molecule has 0 fully saturated rings. The van der Waals surface area contributed by atoms with Crippen molar-refractivity contribution < 1.29 is 4.74 Å². The molecule has 0 bridgehead atoms. The van der Waals surface area contributed by atoms with Gasteiger partial charge in [0.25, 0.3) is 0 Å². The van der Waals surface area contributed by atoms with Gasteiger partial charge in [-0.15, -0.1) is 0 Å². The van der Waals surface area contributed by atoms with Crippen LogP contribution in [-0.2, 0) is 0 Å². The van der Waals surface area contributed by atoms with Gasteiger partial charge in [0.2, 0.25) is 0 Å². The van der Waals surface area contributed by atoms with Gasteiger partial charge in [-0.1, -0.05) is 18.7 Å². The van der Waals surface area contributed by atoms with Gasteiger partial charge in [0.1, 0.15) is 25.7 Å². The number of ether oxygens (including phenoxy) is 1. The summed E-state index contributed by atoms with van der Waals surface area (Å²) < 4.78 is 5.38. The van der Waals surface area contributed by atoms with E-state index in [0.29, 0.717) is 0 Å². The van der Waals surface area contributed by atoms with Gasteiger partial charge in [0.15, 0.2) is 0 Å². The number of fused-ring (bicyclic) bond motifs is 1. The van der Waals surface area contributed by atoms with Crippen molar-refractivity contribution in [1.29, 1.82) is 0 Å². The summed E-state index contributed by atoms with van der Waals surface area (Å²) in [5.74, 6) is 1.56. The van der Waals surface area contributed by atoms with Gasteiger partial charge >= 0.3 is 0 Å². The highest BCUT2D eigenvalue weighted by Crippen LogP contribution is 2.23. The summed E-state index contributed by atoms with van der Waals surface area (Å²) in [6.07, 6.45) is 9.09. The number of hydrogen-bond donors (Lipinski definition) is 1. The maximum atomic E-state index is 5.38. The van der Waals surface area contributed by atoms with E-state index in [1.54, 1.807) is 19.5 Å². The molecule has 0 aliphatic heterocycles. The average molecular weight is 279 g/mol. The summed E-state index contributed by atoms with van der Waals surface area (Å²) in [7, 11) is 3.66. The van der Waals surface area contributed by atoms with Crippen LogP contribution in [-0.4, -0.2) is 24.9 Å². The van der Waals surface area contributed by atoms with Crippen molar-refractivity contribution in [2.24, 2.45) is 0 Å². The zero-order chi connectivity index (χ0) is 15.2. The third kappa shape index (κ3) is 3.31. The summed E-state index contributed by atoms with van der Waals surface area (Å²) in [4.78, 5) is 8.64. The molecule has 5 heteroatoms. The molecule has 0 atom stereocenters. The quantitative estimate of drug-likeness (QED) is 0.671. The summed E-state index contributed by atoms with van der Waals surface area (Å²) in [5, 5.41) is 4.21. The molecule has 0 saturated heterocycles. The van der Waals surface area contributed by atoms with Gasteiger partial charge < -0.3 is 10.1 Å². The van der Waals surface area contributed by atoms with Crippen molar-refractivity contribution >= 4 is 30.0 Å². The van der Waals surface area contributed by atoms with Crippen molar-refractivity contribution in [2.45, 2.75) is 6.92 Å². The smallest absolute Gasteiger partial charge is 0.144 e. The van der Waals surface area contributed by atoms with Gasteiger partial charge in [0.05, 0.1) is 12.6 Å². The minimum Gasteiger partial charge on any atom is -0.497 e. The topological polar surface area (TPSA) is 47.0 Å². The van der Waals surface area contributed by atoms with Crippen molar-refractivity contribution in [3.05, 3.63) is 55.0 Å². The van der Waals surface area contributed by atoms with Gasteiger partial charge in [-0.3, -0.25) is 0 Å². The van der Waals surface area contributed by atoms with E-state index in [1.807, 2.05) is 45.1 Å². The Kier molecular flexibility index (Phi) is 4.77. The minimum absolute atomic E-state index is 0.740. The molecule has 2 rings (SSSR count). The third-order valence-corrected chi connectivity index (χ3v) is 3.06. The Morgan fingerprint density at radius 1 is 1.38 bits per heavy atom. The van der Waals surface area contributed by atoms with Gasteiger partial charge in [-0.2, -0.15) is 0 Å². The van der Waals surface area contributed by atoms with Crippen LogP contribution in [0.5, 0.6) is 5.75 Å². The fourth-order valence-electron chi connectivity index (χ4n) is 2.09. The molecule has 0 aliphatic rings. The number of nitrogens with zero attached hydrogens (tertiary/aromatic N) is 2. The lowest BCUT2D eigenvalue weighted by atomic mass is 9.93. The first-order valence-electron chi connectivity index (χ1n) is 6.71. The summed E-state index contributed by atoms with van der Waals surface area (Å²) in [6.45, 7) is 5.68. The molecule has 0 amide bonds. The number of nitrogens with one attached hydrogen (secondary N) is 1. The number of benzene rings is 1. The zero-order valence-corrected chi connectivity index (χ0v) is 12.6. The second kappa shape index (κ2) is 6.75. The number of anilines is 1. The van der Waals surface area contributed by atoms with Gasteiger partial charge in [-0.25, -0.2) is 9.97 Å². The van der Waals surface area contributed by atoms with Gasteiger partial charge in [0, 0.05) is 11.1 Å². The first-order chi connectivity index (χ1) is 10.2. The van der Waals surface area contributed by atoms with E-state index in [1.165, 1.54) is 0 Å². The number of hydrogen-bond acceptors (Lipinski definition) is 4. The predicted octanol–water partition coefficient (Wildman–Crippen LogP) is 1.95. The van der Waals surface area contributed by atoms with E-state index in [2.05, 4.69) is 21.9 Å². The van der Waals surface area contributed by atoms with E-state index in [-0.39, 0.29) is 0 Å². The van der Waals surface area contributed by atoms with Crippen molar-refractivity contribution in [3.63, 3.8) is 0 Å². The Morgan fingerprint density at radius 2 is 2.19 bits per heavy atom. The van der Waals surface area contributed by atoms with Crippen molar-refractivity contribution in [1.82, 2.24) is 9.97 Å². The molecule has 106 valence electrons. The van der Waals surface area contributed by atoms with Crippen molar-refractivity contribution in [2.75, 3.05) is 12.4 Å². The lowest BCUT2D eigenvalue weighted by Gasteiger charge is -2.11. The molecule has 1 heterocycles. The van der Waals surface area contributed by atoms with E-state index < -0.39 is 0 Å². The third-order valence-electron chi connectivity index (χ3n) is 3.06. The molecule has 2 aromatic rings. The fraction of sp³-hybridized carbons (Fsp3) is 0.125. The maximum Gasteiger partial charge on any atom is 0.144 e. The fourth-order valence-corrected chi connectivity index (χ4v) is 2.09. The summed E-state index contributed by atoms with van der Waals surface area (Å²) in [5.41, 5.74) is 2.83. The Balaban J connectivity index is 2.53. The van der Waals surface area contributed by atoms with Crippen LogP contribution in [0.25, 0.3) is 10.9 Å². The molecule has 0 spiro atoms.